The van der Waals surface area contributed by atoms with Crippen LogP contribution in [0.1, 0.15) is 0 Å². The quantitative estimate of drug-likeness (QED) is 0.381. The largest absolute Gasteiger partial charge is 0.272 e. The van der Waals surface area contributed by atoms with Gasteiger partial charge in [-0.2, -0.15) is 0 Å². The van der Waals surface area contributed by atoms with Gasteiger partial charge in [0.25, 0.3) is 0 Å². The molecular formula is C5H4BNS. The molecule has 0 saturated carbocycles. The van der Waals surface area contributed by atoms with Crippen LogP contribution in [-0.2, 0) is 0 Å². The Hall–Kier alpha value is -0.435. The molecular weight excluding hydrogens is 117 g/mol. The van der Waals surface area contributed by atoms with E-state index in [1.54, 1.807) is 18.3 Å². The molecule has 1 aromatic heterocycles. The molecule has 0 aromatic carbocycles. The zero-order chi connectivity index (χ0) is 5.98. The smallest absolute Gasteiger partial charge is 0.141 e. The minimum Gasteiger partial charge on any atom is -0.272 e. The van der Waals surface area contributed by atoms with Crippen LogP contribution in [0.4, 0.5) is 0 Å². The van der Waals surface area contributed by atoms with Crippen LogP contribution in [0.5, 0.6) is 0 Å². The molecule has 0 aliphatic carbocycles. The van der Waals surface area contributed by atoms with E-state index < -0.39 is 0 Å². The predicted molar refractivity (Wildman–Crippen MR) is 36.9 cm³/mol. The zero-order valence-electron chi connectivity index (χ0n) is 4.20. The number of thiol groups is 1. The molecule has 3 heteroatoms. The lowest BCUT2D eigenvalue weighted by atomic mass is 10.1. The van der Waals surface area contributed by atoms with Crippen molar-refractivity contribution in [3.05, 3.63) is 18.3 Å². The highest BCUT2D eigenvalue weighted by Crippen LogP contribution is 1.97. The number of rotatable bonds is 0. The molecule has 0 atom stereocenters. The first-order valence-electron chi connectivity index (χ1n) is 2.19. The van der Waals surface area contributed by atoms with Crippen LogP contribution >= 0.6 is 12.6 Å². The number of hydrogen-bond acceptors (Lipinski definition) is 2. The second kappa shape index (κ2) is 2.22. The maximum atomic E-state index is 5.28. The number of pyridine rings is 1. The van der Waals surface area contributed by atoms with Crippen LogP contribution < -0.4 is 5.59 Å². The molecule has 0 saturated heterocycles. The Morgan fingerprint density at radius 1 is 1.50 bits per heavy atom. The van der Waals surface area contributed by atoms with Gasteiger partial charge in [-0.15, -0.1) is 12.6 Å². The molecule has 0 aliphatic heterocycles. The molecule has 0 amide bonds. The van der Waals surface area contributed by atoms with E-state index in [1.165, 1.54) is 0 Å². The van der Waals surface area contributed by atoms with E-state index in [2.05, 4.69) is 17.6 Å². The molecule has 1 nitrogen and oxygen atoms in total. The highest BCUT2D eigenvalue weighted by molar-refractivity contribution is 7.80. The first-order chi connectivity index (χ1) is 3.79. The monoisotopic (exact) mass is 121 g/mol. The lowest BCUT2D eigenvalue weighted by Gasteiger charge is -1.89. The molecule has 0 spiro atoms. The van der Waals surface area contributed by atoms with Gasteiger partial charge >= 0.3 is 0 Å². The zero-order valence-corrected chi connectivity index (χ0v) is 5.10. The molecule has 8 heavy (non-hydrogen) atoms. The van der Waals surface area contributed by atoms with Crippen LogP contribution in [0.2, 0.25) is 0 Å². The van der Waals surface area contributed by atoms with Gasteiger partial charge in [0.1, 0.15) is 7.85 Å². The van der Waals surface area contributed by atoms with E-state index in [4.69, 9.17) is 7.85 Å². The summed E-state index contributed by atoms with van der Waals surface area (Å²) < 4.78 is 0. The van der Waals surface area contributed by atoms with Gasteiger partial charge in [-0.25, -0.2) is 0 Å². The van der Waals surface area contributed by atoms with Crippen molar-refractivity contribution in [2.24, 2.45) is 0 Å². The fraction of sp³-hybridized carbons (Fsp3) is 0. The normalized spacial score (nSPS) is 9.12. The SMILES string of the molecule is [B]c1ccc(S)cn1. The summed E-state index contributed by atoms with van der Waals surface area (Å²) in [5.74, 6) is 0. The van der Waals surface area contributed by atoms with Gasteiger partial charge in [0.2, 0.25) is 0 Å². The van der Waals surface area contributed by atoms with Crippen molar-refractivity contribution in [3.8, 4) is 0 Å². The van der Waals surface area contributed by atoms with E-state index in [0.29, 0.717) is 5.59 Å². The molecule has 0 bridgehead atoms. The topological polar surface area (TPSA) is 12.9 Å². The van der Waals surface area contributed by atoms with Gasteiger partial charge in [-0.1, -0.05) is 6.07 Å². The van der Waals surface area contributed by atoms with Gasteiger partial charge < -0.3 is 0 Å². The van der Waals surface area contributed by atoms with Gasteiger partial charge in [0.05, 0.1) is 0 Å². The minimum absolute atomic E-state index is 0.530. The van der Waals surface area contributed by atoms with Crippen molar-refractivity contribution in [1.82, 2.24) is 4.98 Å². The van der Waals surface area contributed by atoms with Crippen molar-refractivity contribution in [2.45, 2.75) is 4.90 Å². The Morgan fingerprint density at radius 2 is 2.25 bits per heavy atom. The van der Waals surface area contributed by atoms with E-state index in [9.17, 15) is 0 Å². The standard InChI is InChI=1S/C5H4BNS/c6-5-2-1-4(8)3-7-5/h1-3,8H. The van der Waals surface area contributed by atoms with Crippen LogP contribution in [0, 0.1) is 0 Å². The van der Waals surface area contributed by atoms with Crippen LogP contribution in [0.3, 0.4) is 0 Å². The van der Waals surface area contributed by atoms with Crippen molar-refractivity contribution in [2.75, 3.05) is 0 Å². The second-order valence-corrected chi connectivity index (χ2v) is 1.96. The first-order valence-corrected chi connectivity index (χ1v) is 2.64. The Morgan fingerprint density at radius 3 is 2.62 bits per heavy atom. The molecule has 0 fully saturated rings. The molecule has 0 N–H and O–H groups in total. The fourth-order valence-electron chi connectivity index (χ4n) is 0.397. The molecule has 0 unspecified atom stereocenters. The van der Waals surface area contributed by atoms with Crippen LogP contribution in [0.15, 0.2) is 23.2 Å². The van der Waals surface area contributed by atoms with Gasteiger partial charge in [0, 0.05) is 11.1 Å². The molecule has 1 heterocycles. The van der Waals surface area contributed by atoms with Crippen LogP contribution in [-0.4, -0.2) is 12.8 Å². The lowest BCUT2D eigenvalue weighted by Crippen LogP contribution is -2.04. The molecule has 38 valence electrons. The van der Waals surface area contributed by atoms with Crippen molar-refractivity contribution in [1.29, 1.82) is 0 Å². The summed E-state index contributed by atoms with van der Waals surface area (Å²) in [7, 11) is 5.28. The second-order valence-electron chi connectivity index (χ2n) is 1.44. The predicted octanol–water partition coefficient (Wildman–Crippen LogP) is 0.164. The average Bonchev–Trinajstić information content (AvgIpc) is 1.77. The Kier molecular flexibility index (Phi) is 1.58. The number of nitrogens with zero attached hydrogens (tertiary/aromatic N) is 1. The lowest BCUT2D eigenvalue weighted by molar-refractivity contribution is 1.29. The molecule has 0 aliphatic rings. The highest BCUT2D eigenvalue weighted by Gasteiger charge is 1.81. The van der Waals surface area contributed by atoms with Gasteiger partial charge in [0.15, 0.2) is 0 Å². The van der Waals surface area contributed by atoms with Gasteiger partial charge in [-0.05, 0) is 11.7 Å². The summed E-state index contributed by atoms with van der Waals surface area (Å²) >= 11 is 4.01. The Balaban J connectivity index is 3.03. The summed E-state index contributed by atoms with van der Waals surface area (Å²) in [4.78, 5) is 4.61. The van der Waals surface area contributed by atoms with Crippen molar-refractivity contribution >= 4 is 26.1 Å². The fourth-order valence-corrected chi connectivity index (χ4v) is 0.530. The number of aromatic nitrogens is 1. The third-order valence-corrected chi connectivity index (χ3v) is 1.04. The summed E-state index contributed by atoms with van der Waals surface area (Å²) in [6, 6.07) is 3.51. The Bertz CT molecular complexity index is 151. The number of hydrogen-bond donors (Lipinski definition) is 1. The molecule has 2 radical (unpaired) electrons. The summed E-state index contributed by atoms with van der Waals surface area (Å²) in [6.45, 7) is 0. The first kappa shape index (κ1) is 5.70. The summed E-state index contributed by atoms with van der Waals surface area (Å²) in [5.41, 5.74) is 0.530. The van der Waals surface area contributed by atoms with E-state index >= 15 is 0 Å². The molecule has 1 rings (SSSR count). The van der Waals surface area contributed by atoms with Crippen molar-refractivity contribution < 1.29 is 0 Å². The van der Waals surface area contributed by atoms with E-state index in [1.807, 2.05) is 0 Å². The average molecular weight is 121 g/mol. The highest BCUT2D eigenvalue weighted by atomic mass is 32.1. The van der Waals surface area contributed by atoms with Crippen molar-refractivity contribution in [3.63, 3.8) is 0 Å². The van der Waals surface area contributed by atoms with Gasteiger partial charge in [-0.3, -0.25) is 4.98 Å². The maximum absolute atomic E-state index is 5.28. The van der Waals surface area contributed by atoms with E-state index in [-0.39, 0.29) is 0 Å². The third kappa shape index (κ3) is 1.27. The third-order valence-electron chi connectivity index (χ3n) is 0.771. The molecule has 1 aromatic rings. The summed E-state index contributed by atoms with van der Waals surface area (Å²) in [5, 5.41) is 0. The minimum atomic E-state index is 0.530. The Labute approximate surface area is 55.0 Å². The summed E-state index contributed by atoms with van der Waals surface area (Å²) in [6.07, 6.45) is 1.61. The van der Waals surface area contributed by atoms with Crippen LogP contribution in [0.25, 0.3) is 0 Å². The van der Waals surface area contributed by atoms with E-state index in [0.717, 1.165) is 4.90 Å². The maximum Gasteiger partial charge on any atom is 0.141 e.